The average Bonchev–Trinajstić information content (AvgIpc) is 1.53. The molecule has 0 aliphatic carbocycles. The number of hydrazine groups is 1. The van der Waals surface area contributed by atoms with Gasteiger partial charge in [-0.2, -0.15) is 12.2 Å². The number of amides is 3. The molecule has 9 N–H and O–H groups in total. The van der Waals surface area contributed by atoms with Gasteiger partial charge in [-0.05, 0) is 59.2 Å². The molecule has 4 unspecified atom stereocenters. The number of carbonyl (C=O) groups is 6. The summed E-state index contributed by atoms with van der Waals surface area (Å²) in [6.07, 6.45) is -1.08. The molecule has 0 spiro atoms. The SMILES string of the molecule is Br.CC(=O)OC1Cn2c3ccccc3c3c4c(c5c6cc(C=O)ccc6n(c5c32)CC1OC(C)=O)C(=O)N(C(C)=O)C4.C[O-].NNC1=NCCN1.O=C1NCc2c1c1c3cc(/C=N/NC4=NCCN4)ccc3n3c1c1c2c2ccccc2n1CC(O)C(O)C3.[Na+]. The average molecular weight is 1290 g/mol. The number of fused-ring (bicyclic) bond motifs is 18. The maximum Gasteiger partial charge on any atom is 1.00 e. The van der Waals surface area contributed by atoms with Crippen molar-refractivity contribution in [2.45, 2.75) is 84.5 Å². The van der Waals surface area contributed by atoms with E-state index in [9.17, 15) is 39.0 Å². The number of ether oxygens (including phenoxy) is 2. The molecule has 25 nitrogen and oxygen atoms in total. The molecule has 0 saturated carbocycles. The Hall–Kier alpha value is -8.73. The first-order valence-corrected chi connectivity index (χ1v) is 28.8. The van der Waals surface area contributed by atoms with Gasteiger partial charge in [-0.1, -0.05) is 42.5 Å². The van der Waals surface area contributed by atoms with Crippen molar-refractivity contribution in [1.29, 1.82) is 0 Å². The molecular formula is C63H62BrN14NaO11. The van der Waals surface area contributed by atoms with Gasteiger partial charge in [0.25, 0.3) is 11.8 Å². The number of benzene rings is 6. The Bertz CT molecular complexity index is 4760. The summed E-state index contributed by atoms with van der Waals surface area (Å²) < 4.78 is 19.8. The van der Waals surface area contributed by atoms with Crippen LogP contribution in [-0.2, 0) is 63.1 Å². The number of aliphatic hydroxyl groups is 2. The zero-order chi connectivity index (χ0) is 61.4. The number of guanidine groups is 2. The van der Waals surface area contributed by atoms with Crippen molar-refractivity contribution >= 4 is 158 Å². The van der Waals surface area contributed by atoms with E-state index in [2.05, 4.69) is 57.1 Å². The number of halogens is 1. The predicted molar refractivity (Wildman–Crippen MR) is 340 cm³/mol. The Kier molecular flexibility index (Phi) is 17.7. The number of hydrogen-bond acceptors (Lipinski definition) is 19. The maximum absolute atomic E-state index is 13.9. The minimum Gasteiger partial charge on any atom is -0.857 e. The van der Waals surface area contributed by atoms with E-state index in [1.165, 1.54) is 25.7 Å². The van der Waals surface area contributed by atoms with Crippen LogP contribution < -0.4 is 67.3 Å². The zero-order valence-electron chi connectivity index (χ0n) is 49.8. The molecule has 16 rings (SSSR count). The third-order valence-electron chi connectivity index (χ3n) is 17.0. The molecule has 0 saturated heterocycles. The van der Waals surface area contributed by atoms with Crippen LogP contribution in [0.4, 0.5) is 0 Å². The van der Waals surface area contributed by atoms with Crippen LogP contribution in [0.25, 0.3) is 87.2 Å². The van der Waals surface area contributed by atoms with Crippen molar-refractivity contribution in [3.8, 4) is 0 Å². The van der Waals surface area contributed by atoms with Crippen molar-refractivity contribution in [3.05, 3.63) is 118 Å². The van der Waals surface area contributed by atoms with E-state index >= 15 is 0 Å². The first kappa shape index (κ1) is 62.9. The van der Waals surface area contributed by atoms with Crippen LogP contribution in [0, 0.1) is 0 Å². The van der Waals surface area contributed by atoms with Crippen LogP contribution in [0.15, 0.2) is 100 Å². The van der Waals surface area contributed by atoms with Crippen molar-refractivity contribution in [3.63, 3.8) is 0 Å². The Morgan fingerprint density at radius 3 is 1.62 bits per heavy atom. The number of aldehydes is 1. The second kappa shape index (κ2) is 25.3. The molecule has 10 aromatic rings. The van der Waals surface area contributed by atoms with E-state index in [0.717, 1.165) is 127 Å². The molecule has 27 heteroatoms. The monoisotopic (exact) mass is 1290 g/mol. The molecule has 10 heterocycles. The molecule has 4 atom stereocenters. The summed E-state index contributed by atoms with van der Waals surface area (Å²) in [5, 5.41) is 50.6. The van der Waals surface area contributed by atoms with Crippen LogP contribution in [0.3, 0.4) is 0 Å². The number of hydrazone groups is 1. The molecule has 0 fully saturated rings. The van der Waals surface area contributed by atoms with Gasteiger partial charge < -0.3 is 59.0 Å². The van der Waals surface area contributed by atoms with Crippen LogP contribution in [0.5, 0.6) is 0 Å². The minimum atomic E-state index is -0.967. The molecule has 6 aromatic carbocycles. The van der Waals surface area contributed by atoms with Gasteiger partial charge in [0.1, 0.15) is 6.29 Å². The molecule has 6 aliphatic heterocycles. The molecular weight excluding hydrogens is 1230 g/mol. The van der Waals surface area contributed by atoms with Gasteiger partial charge in [0.15, 0.2) is 12.2 Å². The third-order valence-corrected chi connectivity index (χ3v) is 17.0. The van der Waals surface area contributed by atoms with Gasteiger partial charge in [0.2, 0.25) is 17.8 Å². The summed E-state index contributed by atoms with van der Waals surface area (Å²) in [6.45, 7) is 8.64. The summed E-state index contributed by atoms with van der Waals surface area (Å²) in [7, 11) is 0.750. The van der Waals surface area contributed by atoms with Crippen LogP contribution >= 0.6 is 17.0 Å². The summed E-state index contributed by atoms with van der Waals surface area (Å²) in [5.41, 5.74) is 16.3. The fourth-order valence-corrected chi connectivity index (χ4v) is 13.6. The Balaban J connectivity index is 0.000000160. The van der Waals surface area contributed by atoms with Crippen LogP contribution in [0.1, 0.15) is 68.5 Å². The number of aliphatic imine (C=N–C) groups is 2. The number of esters is 2. The van der Waals surface area contributed by atoms with E-state index in [0.29, 0.717) is 51.4 Å². The fourth-order valence-electron chi connectivity index (χ4n) is 13.6. The number of nitrogens with one attached hydrogen (secondary N) is 5. The summed E-state index contributed by atoms with van der Waals surface area (Å²) in [5.74, 6) is 4.47. The topological polar surface area (TPSA) is 331 Å². The summed E-state index contributed by atoms with van der Waals surface area (Å²) >= 11 is 0. The van der Waals surface area contributed by atoms with Gasteiger partial charge in [0.05, 0.1) is 97.4 Å². The molecule has 458 valence electrons. The summed E-state index contributed by atoms with van der Waals surface area (Å²) in [6, 6.07) is 27.1. The molecule has 6 aliphatic rings. The van der Waals surface area contributed by atoms with Crippen molar-refractivity contribution in [2.75, 3.05) is 33.3 Å². The number of rotatable bonds is 5. The Morgan fingerprint density at radius 1 is 0.644 bits per heavy atom. The number of imide groups is 1. The smallest absolute Gasteiger partial charge is 0.857 e. The van der Waals surface area contributed by atoms with Gasteiger partial charge >= 0.3 is 41.5 Å². The fraction of sp³-hybridized carbons (Fsp3) is 0.286. The molecule has 0 radical (unpaired) electrons. The number of aliphatic hydroxyl groups excluding tert-OH is 2. The second-order valence-corrected chi connectivity index (χ2v) is 22.1. The third kappa shape index (κ3) is 10.4. The number of aromatic nitrogens is 4. The van der Waals surface area contributed by atoms with E-state index < -0.39 is 42.3 Å². The van der Waals surface area contributed by atoms with E-state index in [1.54, 1.807) is 24.4 Å². The standard InChI is InChI=1S/C31H25N3O7.C28H25N7O3.C3H8N4.CH3O.BrH.Na/c1-15(36)32-11-21-26-19-6-4-5-7-22(19)33-12-24(40-16(2)37)25(41-17(3)38)13-34-23-9-8-18(14-35)10-20(23)27(28(21)31(32)39)30(34)29(26)33;36-20-12-34-18-4-2-1-3-15(18)22-17-11-31-27(38)24(17)23-16-9-14(10-32-33-28-29-7-8-30-28)5-6-19(16)35(13-21(20)37)26(23)25(22)34;4-7-3-5-1-2-6-3;1-2;;/h4-10,14,24-25H,11-13H2,1-3H3;1-6,9-10,20-21,36-37H,7-8,11-13H2,(H,31,38)(H2,29,30,33);1-2,4H2,(H2,5,6,7);1H3;1H;/q;;;-1;;+1/b;32-10+;;;;. The van der Waals surface area contributed by atoms with Gasteiger partial charge in [0, 0.05) is 111 Å². The molecule has 3 amide bonds. The van der Waals surface area contributed by atoms with E-state index in [1.807, 2.05) is 69.8 Å². The van der Waals surface area contributed by atoms with Crippen LogP contribution in [-0.4, -0.2) is 145 Å². The maximum atomic E-state index is 13.9. The Labute approximate surface area is 544 Å². The Morgan fingerprint density at radius 2 is 1.12 bits per heavy atom. The quantitative estimate of drug-likeness (QED) is 0.0295. The van der Waals surface area contributed by atoms with Crippen molar-refractivity contribution < 1.29 is 83.1 Å². The molecule has 90 heavy (non-hydrogen) atoms. The van der Waals surface area contributed by atoms with Crippen molar-refractivity contribution in [1.82, 2.24) is 50.0 Å². The number of nitrogens with zero attached hydrogens (tertiary/aromatic N) is 8. The van der Waals surface area contributed by atoms with Gasteiger partial charge in [-0.25, -0.2) is 16.3 Å². The first-order valence-electron chi connectivity index (χ1n) is 28.8. The normalized spacial score (nSPS) is 18.6. The second-order valence-electron chi connectivity index (χ2n) is 22.1. The van der Waals surface area contributed by atoms with Crippen LogP contribution in [0.2, 0.25) is 0 Å². The molecule has 4 aromatic heterocycles. The van der Waals surface area contributed by atoms with Gasteiger partial charge in [-0.3, -0.25) is 44.1 Å². The minimum absolute atomic E-state index is 0. The van der Waals surface area contributed by atoms with E-state index in [-0.39, 0.29) is 91.1 Å². The summed E-state index contributed by atoms with van der Waals surface area (Å²) in [4.78, 5) is 85.6. The first-order chi connectivity index (χ1) is 42.7. The molecule has 0 bridgehead atoms. The zero-order valence-corrected chi connectivity index (χ0v) is 53.5. The number of nitrogens with two attached hydrogens (primary N) is 1. The number of carbonyl (C=O) groups excluding carboxylic acids is 6. The van der Waals surface area contributed by atoms with Gasteiger partial charge in [-0.15, -0.1) is 17.0 Å². The predicted octanol–water partition coefficient (Wildman–Crippen LogP) is 0.825. The van der Waals surface area contributed by atoms with Crippen molar-refractivity contribution in [2.24, 2.45) is 20.9 Å². The largest absolute Gasteiger partial charge is 1.00 e. The number of para-hydroxylation sites is 2. The van der Waals surface area contributed by atoms with E-state index in [4.69, 9.17) is 20.4 Å². The number of hydrogen-bond donors (Lipinski definition) is 8.